The zero-order valence-corrected chi connectivity index (χ0v) is 30.4. The van der Waals surface area contributed by atoms with E-state index in [1.54, 1.807) is 0 Å². The van der Waals surface area contributed by atoms with Gasteiger partial charge in [0, 0.05) is 59.9 Å². The van der Waals surface area contributed by atoms with Gasteiger partial charge in [0.05, 0.1) is 33.1 Å². The van der Waals surface area contributed by atoms with Crippen LogP contribution in [0, 0.1) is 0 Å². The summed E-state index contributed by atoms with van der Waals surface area (Å²) < 4.78 is 11.4. The Hall–Kier alpha value is -7.83. The van der Waals surface area contributed by atoms with Crippen LogP contribution in [0.4, 0.5) is 0 Å². The van der Waals surface area contributed by atoms with Gasteiger partial charge >= 0.3 is 0 Å². The van der Waals surface area contributed by atoms with Crippen molar-refractivity contribution in [1.29, 1.82) is 0 Å². The summed E-state index contributed by atoms with van der Waals surface area (Å²) in [5.41, 5.74) is 11.3. The van der Waals surface area contributed by atoms with Crippen molar-refractivity contribution in [2.24, 2.45) is 0 Å². The molecule has 0 aliphatic rings. The minimum atomic E-state index is 0.561. The van der Waals surface area contributed by atoms with Crippen LogP contribution in [0.3, 0.4) is 0 Å². The number of aromatic nitrogens is 5. The first-order valence-corrected chi connectivity index (χ1v) is 19.2. The lowest BCUT2D eigenvalue weighted by Gasteiger charge is -2.12. The second kappa shape index (κ2) is 11.4. The summed E-state index contributed by atoms with van der Waals surface area (Å²) in [6, 6.07) is 61.8. The molecule has 57 heavy (non-hydrogen) atoms. The zero-order chi connectivity index (χ0) is 37.2. The number of hydrogen-bond donors (Lipinski definition) is 0. The van der Waals surface area contributed by atoms with Crippen LogP contribution in [0.25, 0.3) is 122 Å². The van der Waals surface area contributed by atoms with E-state index in [-0.39, 0.29) is 0 Å². The standard InChI is InChI=1S/C51H29N5O/c1-2-14-30(15-3-1)49-52-50(54-51(53-49)38-23-13-22-36-35-20-7-11-27-44(35)57-48(36)38)31-16-12-17-32(28-31)55-41-24-8-4-18-33(41)39-29-40-34-19-5-9-25-42(34)56-43-26-10-6-21-37(43)45(46(39)55)47(40)56/h1-29H. The molecule has 0 saturated carbocycles. The second-order valence-electron chi connectivity index (χ2n) is 14.8. The Bertz CT molecular complexity index is 3760. The van der Waals surface area contributed by atoms with Crippen LogP contribution in [-0.4, -0.2) is 23.9 Å². The van der Waals surface area contributed by atoms with Crippen LogP contribution in [-0.2, 0) is 0 Å². The van der Waals surface area contributed by atoms with E-state index in [2.05, 4.69) is 124 Å². The first kappa shape index (κ1) is 30.5. The van der Waals surface area contributed by atoms with Gasteiger partial charge in [0.1, 0.15) is 11.2 Å². The van der Waals surface area contributed by atoms with Gasteiger partial charge in [-0.1, -0.05) is 127 Å². The Morgan fingerprint density at radius 2 is 0.965 bits per heavy atom. The highest BCUT2D eigenvalue weighted by molar-refractivity contribution is 6.34. The Kier molecular flexibility index (Phi) is 6.07. The number of para-hydroxylation sites is 5. The van der Waals surface area contributed by atoms with Crippen LogP contribution in [0.1, 0.15) is 0 Å². The molecule has 8 aromatic carbocycles. The fourth-order valence-electron chi connectivity index (χ4n) is 9.27. The lowest BCUT2D eigenvalue weighted by atomic mass is 10.0. The van der Waals surface area contributed by atoms with Crippen LogP contribution in [0.5, 0.6) is 0 Å². The first-order chi connectivity index (χ1) is 28.3. The van der Waals surface area contributed by atoms with E-state index in [0.717, 1.165) is 49.8 Å². The highest BCUT2D eigenvalue weighted by atomic mass is 16.3. The molecule has 0 atom stereocenters. The molecule has 0 saturated heterocycles. The largest absolute Gasteiger partial charge is 0.455 e. The van der Waals surface area contributed by atoms with E-state index in [4.69, 9.17) is 19.4 Å². The van der Waals surface area contributed by atoms with E-state index >= 15 is 0 Å². The van der Waals surface area contributed by atoms with Crippen LogP contribution >= 0.6 is 0 Å². The predicted molar refractivity (Wildman–Crippen MR) is 232 cm³/mol. The molecule has 0 aliphatic carbocycles. The number of fused-ring (bicyclic) bond motifs is 13. The summed E-state index contributed by atoms with van der Waals surface area (Å²) in [6.07, 6.45) is 0. The van der Waals surface area contributed by atoms with Gasteiger partial charge in [-0.3, -0.25) is 0 Å². The monoisotopic (exact) mass is 727 g/mol. The van der Waals surface area contributed by atoms with Gasteiger partial charge in [0.25, 0.3) is 0 Å². The molecule has 0 radical (unpaired) electrons. The summed E-state index contributed by atoms with van der Waals surface area (Å²) in [7, 11) is 0. The Labute approximate surface area is 324 Å². The number of hydrogen-bond acceptors (Lipinski definition) is 4. The Morgan fingerprint density at radius 3 is 1.79 bits per heavy atom. The Morgan fingerprint density at radius 1 is 0.386 bits per heavy atom. The van der Waals surface area contributed by atoms with E-state index < -0.39 is 0 Å². The fourth-order valence-corrected chi connectivity index (χ4v) is 9.27. The summed E-state index contributed by atoms with van der Waals surface area (Å²) in [6.45, 7) is 0. The van der Waals surface area contributed by atoms with Crippen molar-refractivity contribution in [2.75, 3.05) is 0 Å². The maximum absolute atomic E-state index is 6.47. The molecule has 5 aromatic heterocycles. The van der Waals surface area contributed by atoms with Gasteiger partial charge in [-0.05, 0) is 48.5 Å². The minimum Gasteiger partial charge on any atom is -0.455 e. The summed E-state index contributed by atoms with van der Waals surface area (Å²) in [5.74, 6) is 1.75. The number of nitrogens with zero attached hydrogens (tertiary/aromatic N) is 5. The molecular formula is C51H29N5O. The van der Waals surface area contributed by atoms with Crippen molar-refractivity contribution >= 4 is 81.8 Å². The van der Waals surface area contributed by atoms with Crippen molar-refractivity contribution in [3.05, 3.63) is 176 Å². The van der Waals surface area contributed by atoms with E-state index in [1.165, 1.54) is 54.4 Å². The topological polar surface area (TPSA) is 61.2 Å². The average molecular weight is 728 g/mol. The van der Waals surface area contributed by atoms with Crippen molar-refractivity contribution in [3.63, 3.8) is 0 Å². The third-order valence-corrected chi connectivity index (χ3v) is 11.7. The van der Waals surface area contributed by atoms with E-state index in [0.29, 0.717) is 17.5 Å². The smallest absolute Gasteiger partial charge is 0.167 e. The highest BCUT2D eigenvalue weighted by Crippen LogP contribution is 2.46. The van der Waals surface area contributed by atoms with Crippen molar-refractivity contribution in [1.82, 2.24) is 23.9 Å². The minimum absolute atomic E-state index is 0.561. The molecule has 0 N–H and O–H groups in total. The average Bonchev–Trinajstić information content (AvgIpc) is 4.02. The quantitative estimate of drug-likeness (QED) is 0.181. The maximum Gasteiger partial charge on any atom is 0.167 e. The molecule has 6 heteroatoms. The van der Waals surface area contributed by atoms with Crippen LogP contribution in [0.15, 0.2) is 180 Å². The third-order valence-electron chi connectivity index (χ3n) is 11.7. The molecule has 0 aliphatic heterocycles. The summed E-state index contributed by atoms with van der Waals surface area (Å²) in [4.78, 5) is 15.4. The molecule has 0 fully saturated rings. The predicted octanol–water partition coefficient (Wildman–Crippen LogP) is 13.0. The fraction of sp³-hybridized carbons (Fsp3) is 0. The summed E-state index contributed by atoms with van der Waals surface area (Å²) in [5, 5.41) is 9.56. The molecule has 6 nitrogen and oxygen atoms in total. The maximum atomic E-state index is 6.47. The summed E-state index contributed by atoms with van der Waals surface area (Å²) >= 11 is 0. The van der Waals surface area contributed by atoms with Crippen LogP contribution in [0.2, 0.25) is 0 Å². The van der Waals surface area contributed by atoms with Crippen LogP contribution < -0.4 is 0 Å². The lowest BCUT2D eigenvalue weighted by molar-refractivity contribution is 0.669. The van der Waals surface area contributed by atoms with Gasteiger partial charge in [0.2, 0.25) is 0 Å². The molecule has 13 rings (SSSR count). The molecule has 0 spiro atoms. The molecule has 5 heterocycles. The van der Waals surface area contributed by atoms with Gasteiger partial charge in [-0.2, -0.15) is 0 Å². The number of benzene rings is 8. The van der Waals surface area contributed by atoms with Crippen molar-refractivity contribution in [3.8, 4) is 39.9 Å². The van der Waals surface area contributed by atoms with Crippen molar-refractivity contribution in [2.45, 2.75) is 0 Å². The number of rotatable bonds is 4. The molecular weight excluding hydrogens is 699 g/mol. The zero-order valence-electron chi connectivity index (χ0n) is 30.4. The van der Waals surface area contributed by atoms with Gasteiger partial charge in [-0.15, -0.1) is 0 Å². The Balaban J connectivity index is 1.09. The lowest BCUT2D eigenvalue weighted by Crippen LogP contribution is -2.01. The second-order valence-corrected chi connectivity index (χ2v) is 14.8. The van der Waals surface area contributed by atoms with E-state index in [1.807, 2.05) is 60.7 Å². The van der Waals surface area contributed by atoms with Gasteiger partial charge in [0.15, 0.2) is 17.5 Å². The molecule has 264 valence electrons. The SMILES string of the molecule is c1ccc(-c2nc(-c3cccc(-n4c5ccccc5c5cc6c7ccccc7n7c8ccccc8c(c54)c67)c3)nc(-c3cccc4c3oc3ccccc34)n2)cc1. The molecule has 0 amide bonds. The highest BCUT2D eigenvalue weighted by Gasteiger charge is 2.25. The third kappa shape index (κ3) is 4.21. The molecule has 13 aromatic rings. The van der Waals surface area contributed by atoms with Gasteiger partial charge in [-0.25, -0.2) is 15.0 Å². The van der Waals surface area contributed by atoms with E-state index in [9.17, 15) is 0 Å². The number of furan rings is 1. The van der Waals surface area contributed by atoms with Gasteiger partial charge < -0.3 is 13.4 Å². The van der Waals surface area contributed by atoms with Crippen molar-refractivity contribution < 1.29 is 4.42 Å². The molecule has 0 bridgehead atoms. The normalized spacial score (nSPS) is 12.2. The molecule has 0 unspecified atom stereocenters. The first-order valence-electron chi connectivity index (χ1n) is 19.2.